The fraction of sp³-hybridized carbons (Fsp3) is 0.0833. The van der Waals surface area contributed by atoms with Crippen molar-refractivity contribution in [3.8, 4) is 0 Å². The van der Waals surface area contributed by atoms with Gasteiger partial charge in [-0.15, -0.1) is 0 Å². The van der Waals surface area contributed by atoms with Crippen molar-refractivity contribution < 1.29 is 8.78 Å². The Bertz CT molecular complexity index is 628. The third-order valence-electron chi connectivity index (χ3n) is 2.36. The van der Waals surface area contributed by atoms with Crippen LogP contribution in [0.25, 0.3) is 0 Å². The first-order valence-corrected chi connectivity index (χ1v) is 5.36. The predicted molar refractivity (Wildman–Crippen MR) is 69.6 cm³/mol. The molecule has 0 aliphatic carbocycles. The standard InChI is InChI=1S/C12H11F2N5/c1-16-5-8-11(15)17-6-18-12(8)19-7-2-3-9(13)10(14)4-7/h2-6H,1H3,(H3,15,17,18,19). The van der Waals surface area contributed by atoms with Gasteiger partial charge in [0.2, 0.25) is 0 Å². The number of rotatable bonds is 3. The van der Waals surface area contributed by atoms with Crippen LogP contribution in [-0.4, -0.2) is 23.2 Å². The van der Waals surface area contributed by atoms with E-state index >= 15 is 0 Å². The van der Waals surface area contributed by atoms with Crippen molar-refractivity contribution in [2.24, 2.45) is 4.99 Å². The molecule has 2 rings (SSSR count). The highest BCUT2D eigenvalue weighted by atomic mass is 19.2. The normalized spacial score (nSPS) is 10.9. The van der Waals surface area contributed by atoms with Crippen molar-refractivity contribution in [1.82, 2.24) is 9.97 Å². The molecule has 0 radical (unpaired) electrons. The van der Waals surface area contributed by atoms with Crippen LogP contribution in [0.15, 0.2) is 29.5 Å². The maximum atomic E-state index is 13.1. The van der Waals surface area contributed by atoms with Gasteiger partial charge in [-0.05, 0) is 12.1 Å². The second-order valence-electron chi connectivity index (χ2n) is 3.66. The van der Waals surface area contributed by atoms with Crippen molar-refractivity contribution in [1.29, 1.82) is 0 Å². The second-order valence-corrected chi connectivity index (χ2v) is 3.66. The SMILES string of the molecule is CN=Cc1c(N)ncnc1Nc1ccc(F)c(F)c1. The summed E-state index contributed by atoms with van der Waals surface area (Å²) in [6, 6.07) is 3.44. The van der Waals surface area contributed by atoms with Gasteiger partial charge in [-0.3, -0.25) is 4.99 Å². The Labute approximate surface area is 108 Å². The van der Waals surface area contributed by atoms with Crippen LogP contribution in [0.5, 0.6) is 0 Å². The van der Waals surface area contributed by atoms with Gasteiger partial charge >= 0.3 is 0 Å². The van der Waals surface area contributed by atoms with Gasteiger partial charge in [0.25, 0.3) is 0 Å². The highest BCUT2D eigenvalue weighted by molar-refractivity contribution is 5.92. The summed E-state index contributed by atoms with van der Waals surface area (Å²) in [5.74, 6) is -1.25. The molecular weight excluding hydrogens is 252 g/mol. The van der Waals surface area contributed by atoms with Crippen molar-refractivity contribution in [2.45, 2.75) is 0 Å². The maximum Gasteiger partial charge on any atom is 0.160 e. The molecule has 0 spiro atoms. The quantitative estimate of drug-likeness (QED) is 0.832. The van der Waals surface area contributed by atoms with E-state index in [0.717, 1.165) is 12.1 Å². The largest absolute Gasteiger partial charge is 0.383 e. The Balaban J connectivity index is 2.37. The number of aliphatic imine (C=N–C) groups is 1. The predicted octanol–water partition coefficient (Wildman–Crippen LogP) is 2.13. The van der Waals surface area contributed by atoms with Crippen LogP contribution in [0, 0.1) is 11.6 Å². The van der Waals surface area contributed by atoms with Crippen LogP contribution in [0.4, 0.5) is 26.1 Å². The Morgan fingerprint density at radius 1 is 1.26 bits per heavy atom. The molecule has 0 fully saturated rings. The zero-order valence-electron chi connectivity index (χ0n) is 10.1. The average Bonchev–Trinajstić information content (AvgIpc) is 2.38. The van der Waals surface area contributed by atoms with Crippen LogP contribution < -0.4 is 11.1 Å². The third-order valence-corrected chi connectivity index (χ3v) is 2.36. The number of benzene rings is 1. The number of halogens is 2. The van der Waals surface area contributed by atoms with E-state index in [2.05, 4.69) is 20.3 Å². The highest BCUT2D eigenvalue weighted by Crippen LogP contribution is 2.21. The van der Waals surface area contributed by atoms with E-state index in [4.69, 9.17) is 5.73 Å². The van der Waals surface area contributed by atoms with E-state index in [0.29, 0.717) is 17.1 Å². The molecule has 0 amide bonds. The van der Waals surface area contributed by atoms with E-state index < -0.39 is 11.6 Å². The lowest BCUT2D eigenvalue weighted by Crippen LogP contribution is -2.05. The molecule has 1 aromatic carbocycles. The average molecular weight is 263 g/mol. The summed E-state index contributed by atoms with van der Waals surface area (Å²) in [5.41, 5.74) is 6.53. The number of hydrogen-bond donors (Lipinski definition) is 2. The number of aromatic nitrogens is 2. The fourth-order valence-electron chi connectivity index (χ4n) is 1.48. The van der Waals surface area contributed by atoms with Crippen LogP contribution >= 0.6 is 0 Å². The van der Waals surface area contributed by atoms with Crippen LogP contribution in [-0.2, 0) is 0 Å². The Kier molecular flexibility index (Phi) is 3.65. The molecule has 98 valence electrons. The van der Waals surface area contributed by atoms with E-state index in [1.54, 1.807) is 7.05 Å². The fourth-order valence-corrected chi connectivity index (χ4v) is 1.48. The maximum absolute atomic E-state index is 13.1. The zero-order valence-corrected chi connectivity index (χ0v) is 10.1. The molecule has 0 saturated heterocycles. The molecule has 0 bridgehead atoms. The van der Waals surface area contributed by atoms with Crippen molar-refractivity contribution >= 4 is 23.5 Å². The molecule has 0 atom stereocenters. The third kappa shape index (κ3) is 2.82. The Morgan fingerprint density at radius 2 is 2.05 bits per heavy atom. The molecular formula is C12H11F2N5. The molecule has 19 heavy (non-hydrogen) atoms. The number of anilines is 3. The smallest absolute Gasteiger partial charge is 0.160 e. The molecule has 1 heterocycles. The van der Waals surface area contributed by atoms with E-state index in [9.17, 15) is 8.78 Å². The van der Waals surface area contributed by atoms with E-state index in [1.807, 2.05) is 0 Å². The minimum atomic E-state index is -0.947. The van der Waals surface area contributed by atoms with Gasteiger partial charge in [0.05, 0.1) is 5.56 Å². The lowest BCUT2D eigenvalue weighted by Gasteiger charge is -2.09. The summed E-state index contributed by atoms with van der Waals surface area (Å²) in [5, 5.41) is 2.84. The summed E-state index contributed by atoms with van der Waals surface area (Å²) in [7, 11) is 1.58. The molecule has 0 aliphatic heterocycles. The highest BCUT2D eigenvalue weighted by Gasteiger charge is 2.09. The summed E-state index contributed by atoms with van der Waals surface area (Å²) in [4.78, 5) is 11.7. The summed E-state index contributed by atoms with van der Waals surface area (Å²) >= 11 is 0. The Hall–Kier alpha value is -2.57. The van der Waals surface area contributed by atoms with Gasteiger partial charge in [-0.2, -0.15) is 0 Å². The summed E-state index contributed by atoms with van der Waals surface area (Å²) in [6.45, 7) is 0. The topological polar surface area (TPSA) is 76.2 Å². The molecule has 5 nitrogen and oxygen atoms in total. The molecule has 0 saturated carbocycles. The molecule has 2 aromatic rings. The number of nitrogen functional groups attached to an aromatic ring is 1. The number of nitrogens with one attached hydrogen (secondary N) is 1. The number of nitrogens with two attached hydrogens (primary N) is 1. The van der Waals surface area contributed by atoms with Crippen LogP contribution in [0.3, 0.4) is 0 Å². The second kappa shape index (κ2) is 5.38. The van der Waals surface area contributed by atoms with Gasteiger partial charge < -0.3 is 11.1 Å². The molecule has 0 aliphatic rings. The molecule has 3 N–H and O–H groups in total. The van der Waals surface area contributed by atoms with E-state index in [-0.39, 0.29) is 5.82 Å². The monoisotopic (exact) mass is 263 g/mol. The first-order chi connectivity index (χ1) is 9.11. The summed E-state index contributed by atoms with van der Waals surface area (Å²) < 4.78 is 25.9. The number of nitrogens with zero attached hydrogens (tertiary/aromatic N) is 3. The molecule has 0 unspecified atom stereocenters. The number of hydrogen-bond acceptors (Lipinski definition) is 5. The van der Waals surface area contributed by atoms with Gasteiger partial charge in [-0.1, -0.05) is 0 Å². The lowest BCUT2D eigenvalue weighted by molar-refractivity contribution is 0.509. The summed E-state index contributed by atoms with van der Waals surface area (Å²) in [6.07, 6.45) is 2.75. The van der Waals surface area contributed by atoms with E-state index in [1.165, 1.54) is 18.6 Å². The molecule has 1 aromatic heterocycles. The van der Waals surface area contributed by atoms with Gasteiger partial charge in [0.15, 0.2) is 11.6 Å². The van der Waals surface area contributed by atoms with Crippen LogP contribution in [0.2, 0.25) is 0 Å². The molecule has 7 heteroatoms. The van der Waals surface area contributed by atoms with Gasteiger partial charge in [0.1, 0.15) is 18.0 Å². The van der Waals surface area contributed by atoms with Crippen molar-refractivity contribution in [2.75, 3.05) is 18.1 Å². The van der Waals surface area contributed by atoms with Crippen LogP contribution in [0.1, 0.15) is 5.56 Å². The van der Waals surface area contributed by atoms with Gasteiger partial charge in [-0.25, -0.2) is 18.7 Å². The minimum Gasteiger partial charge on any atom is -0.383 e. The van der Waals surface area contributed by atoms with Gasteiger partial charge in [0, 0.05) is 25.0 Å². The zero-order chi connectivity index (χ0) is 13.8. The van der Waals surface area contributed by atoms with Crippen molar-refractivity contribution in [3.05, 3.63) is 41.7 Å². The lowest BCUT2D eigenvalue weighted by atomic mass is 10.2. The first kappa shape index (κ1) is 12.9. The first-order valence-electron chi connectivity index (χ1n) is 5.36. The Morgan fingerprint density at radius 3 is 2.74 bits per heavy atom. The minimum absolute atomic E-state index is 0.241. The van der Waals surface area contributed by atoms with Crippen molar-refractivity contribution in [3.63, 3.8) is 0 Å².